The summed E-state index contributed by atoms with van der Waals surface area (Å²) in [5.74, 6) is 1.35. The third kappa shape index (κ3) is 3.31. The Morgan fingerprint density at radius 2 is 2.03 bits per heavy atom. The number of hydrogen-bond donors (Lipinski definition) is 1. The van der Waals surface area contributed by atoms with E-state index in [4.69, 9.17) is 11.6 Å². The van der Waals surface area contributed by atoms with E-state index >= 15 is 0 Å². The van der Waals surface area contributed by atoms with Gasteiger partial charge in [-0.2, -0.15) is 10.2 Å². The molecule has 3 fully saturated rings. The van der Waals surface area contributed by atoms with Crippen LogP contribution < -0.4 is 5.32 Å². The molecule has 1 saturated carbocycles. The normalized spacial score (nSPS) is 22.5. The van der Waals surface area contributed by atoms with Crippen LogP contribution in [0.3, 0.4) is 0 Å². The topological polar surface area (TPSA) is 88.8 Å². The summed E-state index contributed by atoms with van der Waals surface area (Å²) in [4.78, 5) is 26.0. The molecular weight excluding hydrogens is 402 g/mol. The van der Waals surface area contributed by atoms with Gasteiger partial charge in [0.15, 0.2) is 5.69 Å². The summed E-state index contributed by atoms with van der Waals surface area (Å²) in [7, 11) is 0. The van der Waals surface area contributed by atoms with E-state index in [1.54, 1.807) is 18.6 Å². The van der Waals surface area contributed by atoms with Crippen LogP contribution in [-0.4, -0.2) is 54.4 Å². The molecule has 8 nitrogen and oxygen atoms in total. The molecule has 1 amide bonds. The summed E-state index contributed by atoms with van der Waals surface area (Å²) in [6.45, 7) is 3.25. The molecule has 3 aliphatic rings. The third-order valence-corrected chi connectivity index (χ3v) is 6.32. The van der Waals surface area contributed by atoms with Crippen LogP contribution in [0.15, 0.2) is 42.9 Å². The quantitative estimate of drug-likeness (QED) is 0.678. The number of amides is 1. The van der Waals surface area contributed by atoms with E-state index in [1.807, 2.05) is 36.1 Å². The number of aryl methyl sites for hydroxylation is 1. The smallest absolute Gasteiger partial charge is 0.275 e. The molecule has 6 rings (SSSR count). The molecule has 2 bridgehead atoms. The van der Waals surface area contributed by atoms with Crippen molar-refractivity contribution in [3.63, 3.8) is 0 Å². The second-order valence-electron chi connectivity index (χ2n) is 8.10. The van der Waals surface area contributed by atoms with Crippen LogP contribution in [0.5, 0.6) is 0 Å². The Hall–Kier alpha value is -3.00. The van der Waals surface area contributed by atoms with Gasteiger partial charge in [-0.1, -0.05) is 11.6 Å². The van der Waals surface area contributed by atoms with Crippen molar-refractivity contribution in [1.29, 1.82) is 0 Å². The monoisotopic (exact) mass is 423 g/mol. The molecule has 1 N–H and O–H groups in total. The molecule has 30 heavy (non-hydrogen) atoms. The second-order valence-corrected chi connectivity index (χ2v) is 8.53. The Morgan fingerprint density at radius 1 is 1.23 bits per heavy atom. The first-order valence-electron chi connectivity index (χ1n) is 10.1. The zero-order chi connectivity index (χ0) is 20.7. The second kappa shape index (κ2) is 7.36. The van der Waals surface area contributed by atoms with Crippen molar-refractivity contribution >= 4 is 23.3 Å². The van der Waals surface area contributed by atoms with Crippen molar-refractivity contribution in [1.82, 2.24) is 29.9 Å². The largest absolute Gasteiger partial charge is 0.368 e. The number of nitrogens with zero attached hydrogens (tertiary/aromatic N) is 6. The van der Waals surface area contributed by atoms with Crippen molar-refractivity contribution in [2.45, 2.75) is 31.7 Å². The minimum Gasteiger partial charge on any atom is -0.368 e. The highest BCUT2D eigenvalue weighted by atomic mass is 35.5. The predicted molar refractivity (Wildman–Crippen MR) is 113 cm³/mol. The fraction of sp³-hybridized carbons (Fsp3) is 0.381. The Kier molecular flexibility index (Phi) is 4.66. The van der Waals surface area contributed by atoms with E-state index in [0.717, 1.165) is 37.3 Å². The number of pyridine rings is 2. The standard InChI is InChI=1S/C21H22ClN7O/c1-14-2-4-17(29-25-7-8-26-29)19(27-14)20(30)28-9-6-15-10-21(28,11-15)13-24-18-5-3-16(22)12-23-18/h2-5,7-8,12,15H,6,9-11,13H2,1H3,(H,23,24). The van der Waals surface area contributed by atoms with Gasteiger partial charge in [0.2, 0.25) is 0 Å². The fourth-order valence-electron chi connectivity index (χ4n) is 4.62. The molecule has 0 aromatic carbocycles. The van der Waals surface area contributed by atoms with Gasteiger partial charge in [-0.25, -0.2) is 9.97 Å². The van der Waals surface area contributed by atoms with Gasteiger partial charge >= 0.3 is 0 Å². The lowest BCUT2D eigenvalue weighted by molar-refractivity contribution is -0.0490. The third-order valence-electron chi connectivity index (χ3n) is 6.09. The Morgan fingerprint density at radius 3 is 2.77 bits per heavy atom. The summed E-state index contributed by atoms with van der Waals surface area (Å²) < 4.78 is 0. The number of fused-ring (bicyclic) bond motifs is 2. The van der Waals surface area contributed by atoms with Gasteiger partial charge in [0.1, 0.15) is 11.5 Å². The number of carbonyl (C=O) groups excluding carboxylic acids is 1. The summed E-state index contributed by atoms with van der Waals surface area (Å²) in [5, 5.41) is 12.4. The molecule has 0 radical (unpaired) electrons. The average Bonchev–Trinajstić information content (AvgIpc) is 3.27. The van der Waals surface area contributed by atoms with Crippen molar-refractivity contribution < 1.29 is 4.79 Å². The fourth-order valence-corrected chi connectivity index (χ4v) is 4.73. The number of piperidine rings is 2. The van der Waals surface area contributed by atoms with E-state index in [0.29, 0.717) is 28.9 Å². The van der Waals surface area contributed by atoms with Crippen LogP contribution in [0.2, 0.25) is 5.02 Å². The number of hydrogen-bond acceptors (Lipinski definition) is 6. The van der Waals surface area contributed by atoms with E-state index in [2.05, 4.69) is 25.5 Å². The molecule has 0 unspecified atom stereocenters. The lowest BCUT2D eigenvalue weighted by atomic mass is 9.62. The van der Waals surface area contributed by atoms with Crippen molar-refractivity contribution in [3.05, 3.63) is 59.3 Å². The number of aromatic nitrogens is 5. The molecular formula is C21H22ClN7O. The van der Waals surface area contributed by atoms with Crippen molar-refractivity contribution in [2.24, 2.45) is 5.92 Å². The molecule has 154 valence electrons. The SMILES string of the molecule is Cc1ccc(-n2nccn2)c(C(=O)N2CCC3CC2(CNc2ccc(Cl)cn2)C3)n1. The van der Waals surface area contributed by atoms with E-state index < -0.39 is 0 Å². The summed E-state index contributed by atoms with van der Waals surface area (Å²) in [5.41, 5.74) is 1.54. The molecule has 9 heteroatoms. The van der Waals surface area contributed by atoms with Crippen LogP contribution in [0, 0.1) is 12.8 Å². The zero-order valence-corrected chi connectivity index (χ0v) is 17.4. The number of anilines is 1. The molecule has 2 aliphatic heterocycles. The van der Waals surface area contributed by atoms with Gasteiger partial charge in [0.05, 0.1) is 23.0 Å². The van der Waals surface area contributed by atoms with Gasteiger partial charge in [-0.3, -0.25) is 4.79 Å². The van der Waals surface area contributed by atoms with Crippen molar-refractivity contribution in [2.75, 3.05) is 18.4 Å². The molecule has 1 aliphatic carbocycles. The maximum Gasteiger partial charge on any atom is 0.275 e. The van der Waals surface area contributed by atoms with E-state index in [9.17, 15) is 4.79 Å². The lowest BCUT2D eigenvalue weighted by Gasteiger charge is -2.59. The first kappa shape index (κ1) is 19.0. The van der Waals surface area contributed by atoms with Gasteiger partial charge in [-0.05, 0) is 56.4 Å². The maximum absolute atomic E-state index is 13.7. The summed E-state index contributed by atoms with van der Waals surface area (Å²) in [6.07, 6.45) is 7.80. The zero-order valence-electron chi connectivity index (χ0n) is 16.6. The molecule has 2 saturated heterocycles. The van der Waals surface area contributed by atoms with E-state index in [1.165, 1.54) is 4.80 Å². The average molecular weight is 424 g/mol. The first-order valence-corrected chi connectivity index (χ1v) is 10.4. The number of halogens is 1. The molecule has 5 heterocycles. The highest BCUT2D eigenvalue weighted by molar-refractivity contribution is 6.30. The number of rotatable bonds is 5. The minimum absolute atomic E-state index is 0.0741. The Balaban J connectivity index is 1.43. The van der Waals surface area contributed by atoms with Gasteiger partial charge < -0.3 is 10.2 Å². The van der Waals surface area contributed by atoms with Crippen LogP contribution >= 0.6 is 11.6 Å². The predicted octanol–water partition coefficient (Wildman–Crippen LogP) is 3.13. The van der Waals surface area contributed by atoms with Crippen LogP contribution in [0.25, 0.3) is 5.69 Å². The Labute approximate surface area is 179 Å². The molecule has 0 atom stereocenters. The molecule has 0 spiro atoms. The van der Waals surface area contributed by atoms with Crippen molar-refractivity contribution in [3.8, 4) is 5.69 Å². The van der Waals surface area contributed by atoms with Gasteiger partial charge in [0, 0.05) is 25.0 Å². The van der Waals surface area contributed by atoms with Crippen LogP contribution in [0.4, 0.5) is 5.82 Å². The highest BCUT2D eigenvalue weighted by Gasteiger charge is 2.54. The van der Waals surface area contributed by atoms with Crippen LogP contribution in [0.1, 0.15) is 35.4 Å². The summed E-state index contributed by atoms with van der Waals surface area (Å²) in [6, 6.07) is 7.38. The van der Waals surface area contributed by atoms with E-state index in [-0.39, 0.29) is 11.4 Å². The first-order chi connectivity index (χ1) is 14.5. The number of nitrogens with one attached hydrogen (secondary N) is 1. The molecule has 3 aromatic rings. The Bertz CT molecular complexity index is 1060. The molecule has 3 aromatic heterocycles. The minimum atomic E-state index is -0.235. The highest BCUT2D eigenvalue weighted by Crippen LogP contribution is 2.49. The maximum atomic E-state index is 13.7. The van der Waals surface area contributed by atoms with Gasteiger partial charge in [-0.15, -0.1) is 4.80 Å². The lowest BCUT2D eigenvalue weighted by Crippen LogP contribution is -2.67. The number of carbonyl (C=O) groups is 1. The summed E-state index contributed by atoms with van der Waals surface area (Å²) >= 11 is 5.94. The van der Waals surface area contributed by atoms with Crippen LogP contribution in [-0.2, 0) is 0 Å². The van der Waals surface area contributed by atoms with Gasteiger partial charge in [0.25, 0.3) is 5.91 Å².